The number of ketones is 1. The van der Waals surface area contributed by atoms with E-state index in [4.69, 9.17) is 14.6 Å². The average molecular weight is 310 g/mol. The van der Waals surface area contributed by atoms with Crippen LogP contribution in [0.4, 0.5) is 0 Å². The van der Waals surface area contributed by atoms with Crippen LogP contribution in [0.3, 0.4) is 0 Å². The largest absolute Gasteiger partial charge is 0.504 e. The van der Waals surface area contributed by atoms with Gasteiger partial charge in [-0.15, -0.1) is 11.3 Å². The highest BCUT2D eigenvalue weighted by atomic mass is 32.1. The first-order valence-corrected chi connectivity index (χ1v) is 6.96. The molecule has 1 aromatic heterocycles. The van der Waals surface area contributed by atoms with Crippen LogP contribution in [0.5, 0.6) is 11.5 Å². The van der Waals surface area contributed by atoms with Crippen molar-refractivity contribution < 1.29 is 29.3 Å². The number of carbonyl (C=O) groups is 2. The fourth-order valence-electron chi connectivity index (χ4n) is 1.78. The van der Waals surface area contributed by atoms with Gasteiger partial charge in [0, 0.05) is 24.3 Å². The zero-order chi connectivity index (χ0) is 15.4. The quantitative estimate of drug-likeness (QED) is 0.603. The van der Waals surface area contributed by atoms with E-state index in [1.807, 2.05) is 0 Å². The fourth-order valence-corrected chi connectivity index (χ4v) is 2.82. The lowest BCUT2D eigenvalue weighted by Crippen LogP contribution is -2.01. The lowest BCUT2D eigenvalue weighted by Gasteiger charge is -2.06. The molecule has 112 valence electrons. The van der Waals surface area contributed by atoms with Gasteiger partial charge in [-0.25, -0.2) is 0 Å². The van der Waals surface area contributed by atoms with Gasteiger partial charge in [-0.05, 0) is 17.5 Å². The summed E-state index contributed by atoms with van der Waals surface area (Å²) in [6, 6.07) is 4.77. The molecule has 0 aliphatic carbocycles. The predicted octanol–water partition coefficient (Wildman–Crippen LogP) is 2.64. The standard InChI is InChI=1S/C14H14O6S/c1-19-7-20-11-6-12-8(4-10(11)16)5-13(21-12)9(15)2-3-14(17)18/h4-6,16H,2-3,7H2,1H3,(H,17,18). The summed E-state index contributed by atoms with van der Waals surface area (Å²) in [6.07, 6.45) is -0.234. The van der Waals surface area contributed by atoms with Gasteiger partial charge in [-0.1, -0.05) is 0 Å². The number of carboxylic acids is 1. The van der Waals surface area contributed by atoms with E-state index >= 15 is 0 Å². The molecule has 0 bridgehead atoms. The van der Waals surface area contributed by atoms with E-state index < -0.39 is 5.97 Å². The minimum Gasteiger partial charge on any atom is -0.504 e. The van der Waals surface area contributed by atoms with Crippen LogP contribution in [-0.4, -0.2) is 35.9 Å². The molecule has 7 heteroatoms. The van der Waals surface area contributed by atoms with Crippen molar-refractivity contribution in [2.45, 2.75) is 12.8 Å². The second kappa shape index (κ2) is 6.55. The van der Waals surface area contributed by atoms with Gasteiger partial charge in [0.05, 0.1) is 11.3 Å². The van der Waals surface area contributed by atoms with Crippen molar-refractivity contribution in [1.29, 1.82) is 0 Å². The maximum Gasteiger partial charge on any atom is 0.303 e. The molecule has 0 radical (unpaired) electrons. The Bertz CT molecular complexity index is 675. The Morgan fingerprint density at radius 2 is 2.00 bits per heavy atom. The summed E-state index contributed by atoms with van der Waals surface area (Å²) in [5.41, 5.74) is 0. The van der Waals surface area contributed by atoms with Crippen LogP contribution < -0.4 is 4.74 Å². The number of thiophene rings is 1. The summed E-state index contributed by atoms with van der Waals surface area (Å²) in [5.74, 6) is -0.993. The molecule has 0 amide bonds. The summed E-state index contributed by atoms with van der Waals surface area (Å²) < 4.78 is 10.8. The van der Waals surface area contributed by atoms with E-state index in [1.54, 1.807) is 12.1 Å². The zero-order valence-corrected chi connectivity index (χ0v) is 12.1. The summed E-state index contributed by atoms with van der Waals surface area (Å²) in [7, 11) is 1.47. The van der Waals surface area contributed by atoms with Crippen LogP contribution in [0.15, 0.2) is 18.2 Å². The van der Waals surface area contributed by atoms with Crippen molar-refractivity contribution >= 4 is 33.2 Å². The molecule has 2 aromatic rings. The van der Waals surface area contributed by atoms with E-state index in [-0.39, 0.29) is 36.9 Å². The number of aliphatic carboxylic acids is 1. The van der Waals surface area contributed by atoms with Crippen LogP contribution >= 0.6 is 11.3 Å². The molecule has 0 saturated heterocycles. The maximum atomic E-state index is 11.9. The van der Waals surface area contributed by atoms with Crippen LogP contribution in [0.2, 0.25) is 0 Å². The molecule has 0 aliphatic rings. The van der Waals surface area contributed by atoms with E-state index in [9.17, 15) is 14.7 Å². The van der Waals surface area contributed by atoms with Gasteiger partial charge < -0.3 is 19.7 Å². The van der Waals surface area contributed by atoms with E-state index in [1.165, 1.54) is 24.5 Å². The topological polar surface area (TPSA) is 93.1 Å². The first-order chi connectivity index (χ1) is 10.0. The molecule has 0 aliphatic heterocycles. The monoisotopic (exact) mass is 310 g/mol. The molecule has 0 atom stereocenters. The number of methoxy groups -OCH3 is 1. The zero-order valence-electron chi connectivity index (χ0n) is 11.3. The molecule has 1 aromatic carbocycles. The van der Waals surface area contributed by atoms with Crippen molar-refractivity contribution in [1.82, 2.24) is 0 Å². The number of hydrogen-bond acceptors (Lipinski definition) is 6. The van der Waals surface area contributed by atoms with Crippen molar-refractivity contribution in [3.05, 3.63) is 23.1 Å². The predicted molar refractivity (Wildman–Crippen MR) is 77.2 cm³/mol. The Morgan fingerprint density at radius 1 is 1.24 bits per heavy atom. The molecular formula is C14H14O6S. The number of aromatic hydroxyl groups is 1. The fraction of sp³-hybridized carbons (Fsp3) is 0.286. The summed E-state index contributed by atoms with van der Waals surface area (Å²) in [4.78, 5) is 22.8. The molecule has 0 spiro atoms. The summed E-state index contributed by atoms with van der Waals surface area (Å²) in [5, 5.41) is 19.1. The van der Waals surface area contributed by atoms with Crippen LogP contribution in [0.1, 0.15) is 22.5 Å². The number of benzene rings is 1. The molecule has 1 heterocycles. The smallest absolute Gasteiger partial charge is 0.303 e. The summed E-state index contributed by atoms with van der Waals surface area (Å²) >= 11 is 1.24. The Labute approximate surface area is 124 Å². The number of phenolic OH excluding ortho intramolecular Hbond substituents is 1. The lowest BCUT2D eigenvalue weighted by molar-refractivity contribution is -0.136. The van der Waals surface area contributed by atoms with E-state index in [0.29, 0.717) is 10.3 Å². The molecule has 0 saturated carbocycles. The number of fused-ring (bicyclic) bond motifs is 1. The van der Waals surface area contributed by atoms with Crippen molar-refractivity contribution in [3.63, 3.8) is 0 Å². The van der Waals surface area contributed by atoms with Crippen molar-refractivity contribution in [2.24, 2.45) is 0 Å². The molecule has 0 fully saturated rings. The van der Waals surface area contributed by atoms with Crippen LogP contribution in [0, 0.1) is 0 Å². The number of carbonyl (C=O) groups excluding carboxylic acids is 1. The van der Waals surface area contributed by atoms with Gasteiger partial charge in [0.25, 0.3) is 0 Å². The minimum absolute atomic E-state index is 0.00877. The number of carboxylic acid groups (broad SMARTS) is 1. The molecule has 21 heavy (non-hydrogen) atoms. The number of rotatable bonds is 7. The Hall–Kier alpha value is -2.12. The van der Waals surface area contributed by atoms with E-state index in [0.717, 1.165) is 4.70 Å². The Balaban J connectivity index is 2.24. The maximum absolute atomic E-state index is 11.9. The van der Waals surface area contributed by atoms with Gasteiger partial charge in [0.15, 0.2) is 24.1 Å². The van der Waals surface area contributed by atoms with Crippen molar-refractivity contribution in [3.8, 4) is 11.5 Å². The number of ether oxygens (including phenoxy) is 2. The second-order valence-corrected chi connectivity index (χ2v) is 5.42. The highest BCUT2D eigenvalue weighted by Gasteiger charge is 2.14. The second-order valence-electron chi connectivity index (χ2n) is 4.34. The van der Waals surface area contributed by atoms with Gasteiger partial charge >= 0.3 is 5.97 Å². The highest BCUT2D eigenvalue weighted by Crippen LogP contribution is 2.36. The minimum atomic E-state index is -1.00. The molecule has 2 rings (SSSR count). The first kappa shape index (κ1) is 15.3. The molecule has 0 unspecified atom stereocenters. The SMILES string of the molecule is COCOc1cc2sc(C(=O)CCC(=O)O)cc2cc1O. The van der Waals surface area contributed by atoms with Gasteiger partial charge in [-0.2, -0.15) is 0 Å². The third kappa shape index (κ3) is 3.71. The molecule has 2 N–H and O–H groups in total. The normalized spacial score (nSPS) is 10.7. The van der Waals surface area contributed by atoms with Crippen LogP contribution in [-0.2, 0) is 9.53 Å². The summed E-state index contributed by atoms with van der Waals surface area (Å²) in [6.45, 7) is 0.00877. The number of Topliss-reactive ketones (excluding diaryl/α,β-unsaturated/α-hetero) is 1. The van der Waals surface area contributed by atoms with Gasteiger partial charge in [0.2, 0.25) is 0 Å². The van der Waals surface area contributed by atoms with Gasteiger partial charge in [-0.3, -0.25) is 9.59 Å². The Kier molecular flexibility index (Phi) is 4.77. The lowest BCUT2D eigenvalue weighted by atomic mass is 10.1. The average Bonchev–Trinajstić information content (AvgIpc) is 2.84. The van der Waals surface area contributed by atoms with Gasteiger partial charge in [0.1, 0.15) is 0 Å². The molecular weight excluding hydrogens is 296 g/mol. The first-order valence-electron chi connectivity index (χ1n) is 6.14. The molecule has 6 nitrogen and oxygen atoms in total. The number of hydrogen-bond donors (Lipinski definition) is 2. The third-order valence-corrected chi connectivity index (χ3v) is 3.91. The van der Waals surface area contributed by atoms with Crippen molar-refractivity contribution in [2.75, 3.05) is 13.9 Å². The highest BCUT2D eigenvalue weighted by molar-refractivity contribution is 7.20. The third-order valence-electron chi connectivity index (χ3n) is 2.77. The number of phenols is 1. The van der Waals surface area contributed by atoms with E-state index in [2.05, 4.69) is 0 Å². The van der Waals surface area contributed by atoms with Crippen LogP contribution in [0.25, 0.3) is 10.1 Å². The Morgan fingerprint density at radius 3 is 2.67 bits per heavy atom.